The van der Waals surface area contributed by atoms with Crippen LogP contribution in [0.15, 0.2) is 30.3 Å². The molecule has 0 aliphatic heterocycles. The second-order valence-corrected chi connectivity index (χ2v) is 4.95. The van der Waals surface area contributed by atoms with E-state index in [0.717, 1.165) is 5.56 Å². The Bertz CT molecular complexity index is 362. The Morgan fingerprint density at radius 1 is 1.22 bits per heavy atom. The highest BCUT2D eigenvalue weighted by atomic mass is 16.5. The highest BCUT2D eigenvalue weighted by molar-refractivity contribution is 5.77. The summed E-state index contributed by atoms with van der Waals surface area (Å²) in [6, 6.07) is 10.1. The van der Waals surface area contributed by atoms with Gasteiger partial charge in [0.2, 0.25) is 5.91 Å². The average molecular weight is 249 g/mol. The van der Waals surface area contributed by atoms with E-state index in [2.05, 4.69) is 19.2 Å². The minimum absolute atomic E-state index is 0.0342. The number of hydrogen-bond donors (Lipinski definition) is 1. The molecular formula is C15H23NO2. The van der Waals surface area contributed by atoms with Crippen molar-refractivity contribution in [3.05, 3.63) is 35.9 Å². The second kappa shape index (κ2) is 7.17. The molecule has 2 atom stereocenters. The molecule has 0 aromatic heterocycles. The standard InChI is InChI=1S/C15H23NO2/c1-11(2)15(13-8-6-5-7-9-13)16-14(17)10-12(3)18-4/h5-9,11-12,15H,10H2,1-4H3,(H,16,17)/t12-,15-/m0/s1. The Hall–Kier alpha value is -1.35. The lowest BCUT2D eigenvalue weighted by atomic mass is 9.96. The van der Waals surface area contributed by atoms with Crippen LogP contribution in [0.5, 0.6) is 0 Å². The van der Waals surface area contributed by atoms with E-state index in [0.29, 0.717) is 12.3 Å². The molecule has 100 valence electrons. The monoisotopic (exact) mass is 249 g/mol. The first-order chi connectivity index (χ1) is 8.54. The van der Waals surface area contributed by atoms with Crippen molar-refractivity contribution in [3.8, 4) is 0 Å². The molecule has 3 nitrogen and oxygen atoms in total. The van der Waals surface area contributed by atoms with Crippen molar-refractivity contribution < 1.29 is 9.53 Å². The van der Waals surface area contributed by atoms with Crippen LogP contribution in [-0.2, 0) is 9.53 Å². The summed E-state index contributed by atoms with van der Waals surface area (Å²) in [6.45, 7) is 6.11. The maximum Gasteiger partial charge on any atom is 0.223 e. The highest BCUT2D eigenvalue weighted by Gasteiger charge is 2.18. The maximum absolute atomic E-state index is 11.9. The Morgan fingerprint density at radius 2 is 1.83 bits per heavy atom. The minimum Gasteiger partial charge on any atom is -0.381 e. The van der Waals surface area contributed by atoms with E-state index in [4.69, 9.17) is 4.74 Å². The smallest absolute Gasteiger partial charge is 0.223 e. The molecule has 1 N–H and O–H groups in total. The topological polar surface area (TPSA) is 38.3 Å². The Morgan fingerprint density at radius 3 is 2.33 bits per heavy atom. The van der Waals surface area contributed by atoms with Gasteiger partial charge in [-0.2, -0.15) is 0 Å². The molecule has 0 saturated heterocycles. The zero-order valence-corrected chi connectivity index (χ0v) is 11.6. The summed E-state index contributed by atoms with van der Waals surface area (Å²) >= 11 is 0. The molecule has 0 unspecified atom stereocenters. The molecule has 0 fully saturated rings. The molecule has 0 aliphatic rings. The summed E-state index contributed by atoms with van der Waals surface area (Å²) in [5.74, 6) is 0.390. The SMILES string of the molecule is CO[C@@H](C)CC(=O)N[C@H](c1ccccc1)C(C)C. The van der Waals surface area contributed by atoms with Gasteiger partial charge in [-0.3, -0.25) is 4.79 Å². The van der Waals surface area contributed by atoms with Crippen LogP contribution < -0.4 is 5.32 Å². The summed E-state index contributed by atoms with van der Waals surface area (Å²) in [4.78, 5) is 11.9. The van der Waals surface area contributed by atoms with Gasteiger partial charge < -0.3 is 10.1 Å². The number of ether oxygens (including phenoxy) is 1. The van der Waals surface area contributed by atoms with Crippen molar-refractivity contribution >= 4 is 5.91 Å². The lowest BCUT2D eigenvalue weighted by molar-refractivity contribution is -0.124. The number of methoxy groups -OCH3 is 1. The van der Waals surface area contributed by atoms with Crippen molar-refractivity contribution in [3.63, 3.8) is 0 Å². The Kier molecular flexibility index (Phi) is 5.86. The third-order valence-electron chi connectivity index (χ3n) is 3.02. The molecule has 0 heterocycles. The minimum atomic E-state index is -0.0476. The van der Waals surface area contributed by atoms with Gasteiger partial charge in [0.15, 0.2) is 0 Å². The van der Waals surface area contributed by atoms with Gasteiger partial charge in [0.05, 0.1) is 18.6 Å². The van der Waals surface area contributed by atoms with E-state index in [9.17, 15) is 4.79 Å². The van der Waals surface area contributed by atoms with Gasteiger partial charge in [0.25, 0.3) is 0 Å². The molecule has 0 bridgehead atoms. The van der Waals surface area contributed by atoms with Crippen LogP contribution in [0.2, 0.25) is 0 Å². The Balaban J connectivity index is 2.67. The molecule has 0 radical (unpaired) electrons. The van der Waals surface area contributed by atoms with Gasteiger partial charge in [-0.25, -0.2) is 0 Å². The first-order valence-corrected chi connectivity index (χ1v) is 6.41. The highest BCUT2D eigenvalue weighted by Crippen LogP contribution is 2.21. The summed E-state index contributed by atoms with van der Waals surface area (Å²) in [6.07, 6.45) is 0.348. The largest absolute Gasteiger partial charge is 0.381 e. The number of benzene rings is 1. The molecule has 0 spiro atoms. The lowest BCUT2D eigenvalue weighted by Crippen LogP contribution is -2.33. The molecule has 18 heavy (non-hydrogen) atoms. The summed E-state index contributed by atoms with van der Waals surface area (Å²) in [7, 11) is 1.62. The number of carbonyl (C=O) groups is 1. The predicted molar refractivity (Wildman–Crippen MR) is 73.3 cm³/mol. The number of rotatable bonds is 6. The van der Waals surface area contributed by atoms with Gasteiger partial charge in [-0.05, 0) is 18.4 Å². The first kappa shape index (κ1) is 14.7. The van der Waals surface area contributed by atoms with E-state index in [1.807, 2.05) is 37.3 Å². The number of amides is 1. The molecule has 1 aromatic rings. The van der Waals surface area contributed by atoms with Gasteiger partial charge in [0.1, 0.15) is 0 Å². The van der Waals surface area contributed by atoms with Crippen LogP contribution in [0.1, 0.15) is 38.8 Å². The Labute approximate surface area is 110 Å². The van der Waals surface area contributed by atoms with Crippen LogP contribution in [0.25, 0.3) is 0 Å². The average Bonchev–Trinajstić information content (AvgIpc) is 2.36. The van der Waals surface area contributed by atoms with Crippen molar-refractivity contribution in [2.24, 2.45) is 5.92 Å². The molecular weight excluding hydrogens is 226 g/mol. The maximum atomic E-state index is 11.9. The fraction of sp³-hybridized carbons (Fsp3) is 0.533. The van der Waals surface area contributed by atoms with Gasteiger partial charge in [-0.1, -0.05) is 44.2 Å². The fourth-order valence-electron chi connectivity index (χ4n) is 1.87. The number of nitrogens with one attached hydrogen (secondary N) is 1. The van der Waals surface area contributed by atoms with Crippen molar-refractivity contribution in [1.29, 1.82) is 0 Å². The van der Waals surface area contributed by atoms with Crippen LogP contribution in [0.4, 0.5) is 0 Å². The van der Waals surface area contributed by atoms with E-state index >= 15 is 0 Å². The zero-order valence-electron chi connectivity index (χ0n) is 11.6. The quantitative estimate of drug-likeness (QED) is 0.841. The molecule has 0 saturated carbocycles. The second-order valence-electron chi connectivity index (χ2n) is 4.95. The lowest BCUT2D eigenvalue weighted by Gasteiger charge is -2.23. The van der Waals surface area contributed by atoms with Crippen molar-refractivity contribution in [2.45, 2.75) is 39.3 Å². The summed E-state index contributed by atoms with van der Waals surface area (Å²) < 4.78 is 5.11. The predicted octanol–water partition coefficient (Wildman–Crippen LogP) is 2.92. The molecule has 1 aromatic carbocycles. The van der Waals surface area contributed by atoms with E-state index < -0.39 is 0 Å². The third kappa shape index (κ3) is 4.49. The van der Waals surface area contributed by atoms with Crippen LogP contribution in [-0.4, -0.2) is 19.1 Å². The van der Waals surface area contributed by atoms with Gasteiger partial charge in [-0.15, -0.1) is 0 Å². The molecule has 0 aliphatic carbocycles. The summed E-state index contributed by atoms with van der Waals surface area (Å²) in [5.41, 5.74) is 1.14. The van der Waals surface area contributed by atoms with Crippen molar-refractivity contribution in [2.75, 3.05) is 7.11 Å². The van der Waals surface area contributed by atoms with Gasteiger partial charge in [0, 0.05) is 7.11 Å². The first-order valence-electron chi connectivity index (χ1n) is 6.41. The van der Waals surface area contributed by atoms with Crippen LogP contribution in [0, 0.1) is 5.92 Å². The zero-order chi connectivity index (χ0) is 13.5. The van der Waals surface area contributed by atoms with Gasteiger partial charge >= 0.3 is 0 Å². The fourth-order valence-corrected chi connectivity index (χ4v) is 1.87. The molecule has 1 rings (SSSR count). The van der Waals surface area contributed by atoms with E-state index in [-0.39, 0.29) is 18.1 Å². The molecule has 3 heteroatoms. The number of carbonyl (C=O) groups excluding carboxylic acids is 1. The number of hydrogen-bond acceptors (Lipinski definition) is 2. The van der Waals surface area contributed by atoms with E-state index in [1.54, 1.807) is 7.11 Å². The van der Waals surface area contributed by atoms with E-state index in [1.165, 1.54) is 0 Å². The molecule has 1 amide bonds. The summed E-state index contributed by atoms with van der Waals surface area (Å²) in [5, 5.41) is 3.08. The van der Waals surface area contributed by atoms with Crippen molar-refractivity contribution in [1.82, 2.24) is 5.32 Å². The normalized spacial score (nSPS) is 14.3. The third-order valence-corrected chi connectivity index (χ3v) is 3.02. The van der Waals surface area contributed by atoms with Crippen LogP contribution in [0.3, 0.4) is 0 Å². The van der Waals surface area contributed by atoms with Crippen LogP contribution >= 0.6 is 0 Å².